The normalized spacial score (nSPS) is 19.4. The van der Waals surface area contributed by atoms with Crippen molar-refractivity contribution in [3.63, 3.8) is 0 Å². The molecule has 0 aliphatic carbocycles. The zero-order valence-electron chi connectivity index (χ0n) is 13.0. The van der Waals surface area contributed by atoms with E-state index in [9.17, 15) is 4.79 Å². The van der Waals surface area contributed by atoms with Gasteiger partial charge in [-0.05, 0) is 12.5 Å². The van der Waals surface area contributed by atoms with Crippen molar-refractivity contribution >= 4 is 17.2 Å². The number of carbonyl (C=O) groups is 1. The summed E-state index contributed by atoms with van der Waals surface area (Å²) >= 11 is 1.69. The summed E-state index contributed by atoms with van der Waals surface area (Å²) in [5.41, 5.74) is 2.39. The molecule has 1 fully saturated rings. The van der Waals surface area contributed by atoms with Crippen molar-refractivity contribution in [3.05, 3.63) is 52.0 Å². The minimum Gasteiger partial charge on any atom is -0.340 e. The van der Waals surface area contributed by atoms with Crippen LogP contribution in [0.4, 0.5) is 0 Å². The third kappa shape index (κ3) is 3.36. The Bertz CT molecular complexity index is 640. The number of benzene rings is 1. The molecule has 2 aromatic rings. The van der Waals surface area contributed by atoms with Crippen molar-refractivity contribution in [3.8, 4) is 0 Å². The molecular weight excluding hydrogens is 294 g/mol. The molecule has 1 unspecified atom stereocenters. The first kappa shape index (κ1) is 15.2. The molecule has 1 amide bonds. The van der Waals surface area contributed by atoms with Crippen molar-refractivity contribution < 1.29 is 4.79 Å². The van der Waals surface area contributed by atoms with Gasteiger partial charge in [0.1, 0.15) is 0 Å². The van der Waals surface area contributed by atoms with E-state index in [1.807, 2.05) is 17.9 Å². The average Bonchev–Trinajstić information content (AvgIpc) is 2.93. The van der Waals surface area contributed by atoms with E-state index in [0.29, 0.717) is 0 Å². The summed E-state index contributed by atoms with van der Waals surface area (Å²) in [5, 5.41) is 3.24. The third-order valence-electron chi connectivity index (χ3n) is 4.15. The van der Waals surface area contributed by atoms with Crippen molar-refractivity contribution in [2.75, 3.05) is 19.6 Å². The van der Waals surface area contributed by atoms with Gasteiger partial charge in [-0.15, -0.1) is 11.3 Å². The molecule has 5 heteroatoms. The van der Waals surface area contributed by atoms with Gasteiger partial charge in [0.2, 0.25) is 5.91 Å². The molecule has 1 aliphatic rings. The maximum absolute atomic E-state index is 11.7. The molecule has 1 aromatic heterocycles. The van der Waals surface area contributed by atoms with Gasteiger partial charge in [-0.2, -0.15) is 0 Å². The summed E-state index contributed by atoms with van der Waals surface area (Å²) in [5.74, 6) is 0.157. The monoisotopic (exact) mass is 315 g/mol. The number of amides is 1. The number of thiazole rings is 1. The van der Waals surface area contributed by atoms with Crippen LogP contribution in [0.5, 0.6) is 0 Å². The summed E-state index contributed by atoms with van der Waals surface area (Å²) in [6.07, 6.45) is 0. The van der Waals surface area contributed by atoms with Gasteiger partial charge in [0, 0.05) is 38.5 Å². The number of aryl methyl sites for hydroxylation is 1. The van der Waals surface area contributed by atoms with Crippen LogP contribution in [-0.4, -0.2) is 40.3 Å². The van der Waals surface area contributed by atoms with E-state index in [1.165, 1.54) is 5.56 Å². The standard InChI is InChI=1S/C17H21N3OS/c1-13-18-16(12-22-13)10-20-9-8-19(14(2)21)11-17(20)15-6-4-3-5-7-15/h3-7,12,17H,8-11H2,1-2H3. The summed E-state index contributed by atoms with van der Waals surface area (Å²) in [6.45, 7) is 6.97. The molecule has 1 aliphatic heterocycles. The van der Waals surface area contributed by atoms with Gasteiger partial charge < -0.3 is 4.90 Å². The first-order valence-electron chi connectivity index (χ1n) is 7.59. The lowest BCUT2D eigenvalue weighted by molar-refractivity contribution is -0.132. The highest BCUT2D eigenvalue weighted by Gasteiger charge is 2.29. The van der Waals surface area contributed by atoms with Gasteiger partial charge in [0.25, 0.3) is 0 Å². The van der Waals surface area contributed by atoms with E-state index >= 15 is 0 Å². The van der Waals surface area contributed by atoms with Crippen LogP contribution in [0.15, 0.2) is 35.7 Å². The summed E-state index contributed by atoms with van der Waals surface area (Å²) < 4.78 is 0. The molecule has 1 atom stereocenters. The third-order valence-corrected chi connectivity index (χ3v) is 4.97. The van der Waals surface area contributed by atoms with Gasteiger partial charge in [-0.3, -0.25) is 9.69 Å². The maximum atomic E-state index is 11.7. The summed E-state index contributed by atoms with van der Waals surface area (Å²) in [7, 11) is 0. The molecule has 0 spiro atoms. The van der Waals surface area contributed by atoms with Crippen LogP contribution < -0.4 is 0 Å². The molecule has 4 nitrogen and oxygen atoms in total. The van der Waals surface area contributed by atoms with E-state index in [1.54, 1.807) is 18.3 Å². The molecule has 1 saturated heterocycles. The molecule has 116 valence electrons. The highest BCUT2D eigenvalue weighted by Crippen LogP contribution is 2.27. The van der Waals surface area contributed by atoms with Gasteiger partial charge >= 0.3 is 0 Å². The second kappa shape index (κ2) is 6.58. The number of carbonyl (C=O) groups excluding carboxylic acids is 1. The van der Waals surface area contributed by atoms with Gasteiger partial charge in [0.15, 0.2) is 0 Å². The lowest BCUT2D eigenvalue weighted by atomic mass is 10.0. The predicted octanol–water partition coefficient (Wildman–Crippen LogP) is 2.86. The average molecular weight is 315 g/mol. The van der Waals surface area contributed by atoms with Crippen LogP contribution in [0.1, 0.15) is 29.2 Å². The minimum absolute atomic E-state index is 0.157. The molecule has 0 saturated carbocycles. The van der Waals surface area contributed by atoms with E-state index in [0.717, 1.165) is 36.9 Å². The second-order valence-electron chi connectivity index (χ2n) is 5.72. The number of nitrogens with zero attached hydrogens (tertiary/aromatic N) is 3. The van der Waals surface area contributed by atoms with Crippen molar-refractivity contribution in [1.29, 1.82) is 0 Å². The Balaban J connectivity index is 1.82. The number of hydrogen-bond acceptors (Lipinski definition) is 4. The number of hydrogen-bond donors (Lipinski definition) is 0. The second-order valence-corrected chi connectivity index (χ2v) is 6.78. The van der Waals surface area contributed by atoms with Crippen molar-refractivity contribution in [2.24, 2.45) is 0 Å². The molecule has 0 N–H and O–H groups in total. The first-order valence-corrected chi connectivity index (χ1v) is 8.47. The van der Waals surface area contributed by atoms with Crippen LogP contribution >= 0.6 is 11.3 Å². The molecule has 0 bridgehead atoms. The molecule has 2 heterocycles. The van der Waals surface area contributed by atoms with Crippen LogP contribution in [0.3, 0.4) is 0 Å². The molecule has 0 radical (unpaired) electrons. The van der Waals surface area contributed by atoms with Gasteiger partial charge in [-0.1, -0.05) is 30.3 Å². The predicted molar refractivity (Wildman–Crippen MR) is 88.7 cm³/mol. The van der Waals surface area contributed by atoms with E-state index in [2.05, 4.69) is 39.5 Å². The first-order chi connectivity index (χ1) is 10.6. The highest BCUT2D eigenvalue weighted by atomic mass is 32.1. The Kier molecular flexibility index (Phi) is 4.55. The lowest BCUT2D eigenvalue weighted by Crippen LogP contribution is -2.49. The maximum Gasteiger partial charge on any atom is 0.219 e. The Morgan fingerprint density at radius 2 is 2.09 bits per heavy atom. The quantitative estimate of drug-likeness (QED) is 0.874. The fourth-order valence-electron chi connectivity index (χ4n) is 2.98. The van der Waals surface area contributed by atoms with Crippen LogP contribution in [-0.2, 0) is 11.3 Å². The molecule has 22 heavy (non-hydrogen) atoms. The molecule has 3 rings (SSSR count). The van der Waals surface area contributed by atoms with E-state index in [-0.39, 0.29) is 11.9 Å². The van der Waals surface area contributed by atoms with E-state index < -0.39 is 0 Å². The Labute approximate surface area is 135 Å². The molecular formula is C17H21N3OS. The van der Waals surface area contributed by atoms with Crippen molar-refractivity contribution in [1.82, 2.24) is 14.8 Å². The Morgan fingerprint density at radius 3 is 2.73 bits per heavy atom. The zero-order chi connectivity index (χ0) is 15.5. The SMILES string of the molecule is CC(=O)N1CCN(Cc2csc(C)n2)C(c2ccccc2)C1. The topological polar surface area (TPSA) is 36.4 Å². The van der Waals surface area contributed by atoms with Crippen LogP contribution in [0, 0.1) is 6.92 Å². The summed E-state index contributed by atoms with van der Waals surface area (Å²) in [4.78, 5) is 20.7. The Hall–Kier alpha value is -1.72. The molecule has 1 aromatic carbocycles. The largest absolute Gasteiger partial charge is 0.340 e. The number of piperazine rings is 1. The van der Waals surface area contributed by atoms with Crippen LogP contribution in [0.25, 0.3) is 0 Å². The van der Waals surface area contributed by atoms with Crippen molar-refractivity contribution in [2.45, 2.75) is 26.4 Å². The van der Waals surface area contributed by atoms with Gasteiger partial charge in [-0.25, -0.2) is 4.98 Å². The number of aromatic nitrogens is 1. The van der Waals surface area contributed by atoms with Crippen LogP contribution in [0.2, 0.25) is 0 Å². The minimum atomic E-state index is 0.157. The lowest BCUT2D eigenvalue weighted by Gasteiger charge is -2.41. The fourth-order valence-corrected chi connectivity index (χ4v) is 3.58. The zero-order valence-corrected chi connectivity index (χ0v) is 13.8. The fraction of sp³-hybridized carbons (Fsp3) is 0.412. The summed E-state index contributed by atoms with van der Waals surface area (Å²) in [6, 6.07) is 10.7. The van der Waals surface area contributed by atoms with E-state index in [4.69, 9.17) is 0 Å². The highest BCUT2D eigenvalue weighted by molar-refractivity contribution is 7.09. The number of rotatable bonds is 3. The Morgan fingerprint density at radius 1 is 1.32 bits per heavy atom. The van der Waals surface area contributed by atoms with Gasteiger partial charge in [0.05, 0.1) is 16.7 Å². The smallest absolute Gasteiger partial charge is 0.219 e.